The van der Waals surface area contributed by atoms with Gasteiger partial charge in [-0.15, -0.1) is 0 Å². The number of rotatable bonds is 5. The summed E-state index contributed by atoms with van der Waals surface area (Å²) in [5, 5.41) is 0. The molecule has 0 bridgehead atoms. The third-order valence-corrected chi connectivity index (χ3v) is 4.40. The third kappa shape index (κ3) is 6.24. The quantitative estimate of drug-likeness (QED) is 0.698. The van der Waals surface area contributed by atoms with Crippen LogP contribution >= 0.6 is 0 Å². The summed E-state index contributed by atoms with van der Waals surface area (Å²) in [7, 11) is 0. The molecule has 0 saturated carbocycles. The zero-order valence-corrected chi connectivity index (χ0v) is 17.1. The summed E-state index contributed by atoms with van der Waals surface area (Å²) in [5.74, 6) is 0.276. The molecule has 2 aromatic rings. The maximum absolute atomic E-state index is 12.2. The second-order valence-electron chi connectivity index (χ2n) is 8.04. The number of nitrogens with zero attached hydrogens (tertiary/aromatic N) is 1. The van der Waals surface area contributed by atoms with E-state index in [2.05, 4.69) is 0 Å². The summed E-state index contributed by atoms with van der Waals surface area (Å²) in [4.78, 5) is 26.0. The van der Waals surface area contributed by atoms with E-state index in [1.807, 2.05) is 51.1 Å². The Morgan fingerprint density at radius 1 is 1.03 bits per heavy atom. The van der Waals surface area contributed by atoms with E-state index in [0.29, 0.717) is 24.4 Å². The van der Waals surface area contributed by atoms with E-state index in [9.17, 15) is 9.59 Å². The lowest BCUT2D eigenvalue weighted by atomic mass is 10.2. The molecule has 0 aliphatic carbocycles. The summed E-state index contributed by atoms with van der Waals surface area (Å²) in [6, 6.07) is 16.4. The first-order valence-corrected chi connectivity index (χ1v) is 9.76. The van der Waals surface area contributed by atoms with Gasteiger partial charge in [-0.1, -0.05) is 30.3 Å². The summed E-state index contributed by atoms with van der Waals surface area (Å²) in [6.07, 6.45) is 0.318. The molecule has 1 amide bonds. The fourth-order valence-electron chi connectivity index (χ4n) is 2.99. The normalized spacial score (nSPS) is 16.4. The molecular formula is C23H27NO5. The first-order chi connectivity index (χ1) is 13.8. The highest BCUT2D eigenvalue weighted by molar-refractivity contribution is 5.89. The number of carbonyl (C=O) groups is 2. The van der Waals surface area contributed by atoms with Crippen molar-refractivity contribution in [1.29, 1.82) is 0 Å². The van der Waals surface area contributed by atoms with Crippen LogP contribution in [0.1, 0.15) is 43.1 Å². The molecule has 6 nitrogen and oxygen atoms in total. The lowest BCUT2D eigenvalue weighted by Crippen LogP contribution is -2.36. The number of esters is 1. The maximum atomic E-state index is 12.2. The number of likely N-dealkylation sites (tertiary alicyclic amines) is 1. The van der Waals surface area contributed by atoms with Gasteiger partial charge in [0.05, 0.1) is 12.1 Å². The van der Waals surface area contributed by atoms with E-state index < -0.39 is 5.60 Å². The Morgan fingerprint density at radius 2 is 1.72 bits per heavy atom. The van der Waals surface area contributed by atoms with Crippen LogP contribution in [0.2, 0.25) is 0 Å². The Labute approximate surface area is 171 Å². The number of carbonyl (C=O) groups excluding carboxylic acids is 2. The smallest absolute Gasteiger partial charge is 0.410 e. The van der Waals surface area contributed by atoms with E-state index in [1.54, 1.807) is 29.2 Å². The van der Waals surface area contributed by atoms with Crippen LogP contribution in [0.15, 0.2) is 54.6 Å². The molecule has 0 aromatic heterocycles. The van der Waals surface area contributed by atoms with Crippen molar-refractivity contribution in [3.63, 3.8) is 0 Å². The van der Waals surface area contributed by atoms with Crippen molar-refractivity contribution in [2.45, 2.75) is 45.5 Å². The van der Waals surface area contributed by atoms with Gasteiger partial charge in [-0.05, 0) is 50.6 Å². The zero-order valence-electron chi connectivity index (χ0n) is 17.1. The minimum atomic E-state index is -0.513. The van der Waals surface area contributed by atoms with Gasteiger partial charge in [0.15, 0.2) is 0 Å². The standard InChI is InChI=1S/C23H27NO5/c1-23(2,3)29-22(26)24-14-13-20(15-24)28-19-11-9-18(10-12-19)21(25)27-16-17-7-5-4-6-8-17/h4-12,20H,13-16H2,1-3H3/t20-/m0/s1. The van der Waals surface area contributed by atoms with Crippen molar-refractivity contribution in [2.24, 2.45) is 0 Å². The molecule has 1 heterocycles. The highest BCUT2D eigenvalue weighted by atomic mass is 16.6. The van der Waals surface area contributed by atoms with E-state index in [4.69, 9.17) is 14.2 Å². The predicted octanol–water partition coefficient (Wildman–Crippen LogP) is 4.43. The van der Waals surface area contributed by atoms with Crippen LogP contribution in [0.3, 0.4) is 0 Å². The largest absolute Gasteiger partial charge is 0.489 e. The monoisotopic (exact) mass is 397 g/mol. The molecule has 0 unspecified atom stereocenters. The molecule has 0 N–H and O–H groups in total. The number of amides is 1. The highest BCUT2D eigenvalue weighted by Gasteiger charge is 2.30. The highest BCUT2D eigenvalue weighted by Crippen LogP contribution is 2.21. The summed E-state index contributed by atoms with van der Waals surface area (Å²) in [6.45, 7) is 6.86. The molecule has 0 spiro atoms. The fourth-order valence-corrected chi connectivity index (χ4v) is 2.99. The van der Waals surface area contributed by atoms with Gasteiger partial charge >= 0.3 is 12.1 Å². The lowest BCUT2D eigenvalue weighted by Gasteiger charge is -2.24. The number of benzene rings is 2. The van der Waals surface area contributed by atoms with E-state index >= 15 is 0 Å². The van der Waals surface area contributed by atoms with Crippen molar-refractivity contribution in [3.8, 4) is 5.75 Å². The Balaban J connectivity index is 1.48. The van der Waals surface area contributed by atoms with Gasteiger partial charge in [-0.3, -0.25) is 0 Å². The van der Waals surface area contributed by atoms with Crippen LogP contribution < -0.4 is 4.74 Å². The van der Waals surface area contributed by atoms with Gasteiger partial charge in [0.25, 0.3) is 0 Å². The molecule has 2 aromatic carbocycles. The van der Waals surface area contributed by atoms with Gasteiger partial charge in [0.1, 0.15) is 24.1 Å². The molecule has 154 valence electrons. The second kappa shape index (κ2) is 8.99. The van der Waals surface area contributed by atoms with Crippen LogP contribution in [0.5, 0.6) is 5.75 Å². The number of ether oxygens (including phenoxy) is 3. The van der Waals surface area contributed by atoms with Crippen LogP contribution in [-0.4, -0.2) is 41.8 Å². The molecule has 6 heteroatoms. The predicted molar refractivity (Wildman–Crippen MR) is 109 cm³/mol. The molecular weight excluding hydrogens is 370 g/mol. The number of hydrogen-bond acceptors (Lipinski definition) is 5. The number of hydrogen-bond donors (Lipinski definition) is 0. The zero-order chi connectivity index (χ0) is 20.9. The van der Waals surface area contributed by atoms with Gasteiger partial charge < -0.3 is 19.1 Å². The molecule has 3 rings (SSSR count). The Bertz CT molecular complexity index is 827. The second-order valence-corrected chi connectivity index (χ2v) is 8.04. The van der Waals surface area contributed by atoms with Crippen molar-refractivity contribution < 1.29 is 23.8 Å². The van der Waals surface area contributed by atoms with Gasteiger partial charge in [-0.25, -0.2) is 9.59 Å². The molecule has 1 fully saturated rings. The van der Waals surface area contributed by atoms with Gasteiger partial charge in [-0.2, -0.15) is 0 Å². The Morgan fingerprint density at radius 3 is 2.38 bits per heavy atom. The molecule has 1 aliphatic rings. The van der Waals surface area contributed by atoms with Crippen LogP contribution in [0.4, 0.5) is 4.79 Å². The topological polar surface area (TPSA) is 65.1 Å². The van der Waals surface area contributed by atoms with Crippen molar-refractivity contribution >= 4 is 12.1 Å². The Hall–Kier alpha value is -3.02. The van der Waals surface area contributed by atoms with Gasteiger partial charge in [0, 0.05) is 13.0 Å². The lowest BCUT2D eigenvalue weighted by molar-refractivity contribution is 0.0275. The van der Waals surface area contributed by atoms with E-state index in [1.165, 1.54) is 0 Å². The molecule has 0 radical (unpaired) electrons. The summed E-state index contributed by atoms with van der Waals surface area (Å²) in [5.41, 5.74) is 0.896. The van der Waals surface area contributed by atoms with Crippen molar-refractivity contribution in [3.05, 3.63) is 65.7 Å². The first-order valence-electron chi connectivity index (χ1n) is 9.76. The average molecular weight is 397 g/mol. The minimum absolute atomic E-state index is 0.0987. The summed E-state index contributed by atoms with van der Waals surface area (Å²) < 4.78 is 16.7. The van der Waals surface area contributed by atoms with Crippen LogP contribution in [0.25, 0.3) is 0 Å². The fraction of sp³-hybridized carbons (Fsp3) is 0.391. The van der Waals surface area contributed by atoms with Crippen LogP contribution in [-0.2, 0) is 16.1 Å². The summed E-state index contributed by atoms with van der Waals surface area (Å²) >= 11 is 0. The van der Waals surface area contributed by atoms with E-state index in [-0.39, 0.29) is 24.8 Å². The average Bonchev–Trinajstić information content (AvgIpc) is 3.15. The molecule has 1 atom stereocenters. The maximum Gasteiger partial charge on any atom is 0.410 e. The molecule has 1 aliphatic heterocycles. The molecule has 29 heavy (non-hydrogen) atoms. The SMILES string of the molecule is CC(C)(C)OC(=O)N1CC[C@H](Oc2ccc(C(=O)OCc3ccccc3)cc2)C1. The minimum Gasteiger partial charge on any atom is -0.489 e. The van der Waals surface area contributed by atoms with Crippen LogP contribution in [0, 0.1) is 0 Å². The van der Waals surface area contributed by atoms with Gasteiger partial charge in [0.2, 0.25) is 0 Å². The van der Waals surface area contributed by atoms with E-state index in [0.717, 1.165) is 12.0 Å². The van der Waals surface area contributed by atoms with Crippen molar-refractivity contribution in [2.75, 3.05) is 13.1 Å². The molecule has 1 saturated heterocycles. The third-order valence-electron chi connectivity index (χ3n) is 4.40. The Kier molecular flexibility index (Phi) is 6.42. The van der Waals surface area contributed by atoms with Crippen molar-refractivity contribution in [1.82, 2.24) is 4.90 Å². The first kappa shape index (κ1) is 20.7.